The molecule has 3 aromatic heterocycles. The number of ether oxygens (including phenoxy) is 2. The van der Waals surface area contributed by atoms with Gasteiger partial charge in [-0.25, -0.2) is 9.59 Å². The highest BCUT2D eigenvalue weighted by atomic mass is 35.5. The van der Waals surface area contributed by atoms with E-state index in [1.807, 2.05) is 76.8 Å². The van der Waals surface area contributed by atoms with E-state index in [1.165, 1.54) is 0 Å². The fourth-order valence-electron chi connectivity index (χ4n) is 7.37. The number of nitrogens with one attached hydrogen (secondary N) is 1. The molecule has 3 aliphatic rings. The fraction of sp³-hybridized carbons (Fsp3) is 0.435. The molecule has 0 saturated carbocycles. The zero-order valence-electron chi connectivity index (χ0n) is 39.8. The molecule has 6 heterocycles. The van der Waals surface area contributed by atoms with Gasteiger partial charge in [0.15, 0.2) is 22.6 Å². The Morgan fingerprint density at radius 2 is 0.899 bits per heavy atom. The summed E-state index contributed by atoms with van der Waals surface area (Å²) in [6, 6.07) is 19.4. The van der Waals surface area contributed by atoms with Crippen LogP contribution in [0.1, 0.15) is 41.5 Å². The van der Waals surface area contributed by atoms with Gasteiger partial charge in [-0.05, 0) is 77.9 Å². The highest BCUT2D eigenvalue weighted by molar-refractivity contribution is 6.29. The normalized spacial score (nSPS) is 15.1. The van der Waals surface area contributed by atoms with Crippen molar-refractivity contribution in [3.8, 4) is 34.0 Å². The van der Waals surface area contributed by atoms with Gasteiger partial charge in [0, 0.05) is 95.7 Å². The van der Waals surface area contributed by atoms with Crippen molar-refractivity contribution in [1.29, 1.82) is 0 Å². The third-order valence-electron chi connectivity index (χ3n) is 10.7. The van der Waals surface area contributed by atoms with Crippen LogP contribution in [0.25, 0.3) is 22.5 Å². The maximum atomic E-state index is 12.2. The highest BCUT2D eigenvalue weighted by Gasteiger charge is 2.29. The summed E-state index contributed by atoms with van der Waals surface area (Å²) in [4.78, 5) is 33.9. The summed E-state index contributed by atoms with van der Waals surface area (Å²) in [7, 11) is 0. The van der Waals surface area contributed by atoms with E-state index in [0.717, 1.165) is 43.2 Å². The molecule has 0 bridgehead atoms. The molecule has 2 amide bonds. The number of phenols is 2. The molecule has 8 rings (SSSR count). The Hall–Kier alpha value is -6.84. The number of phenolic OH excluding ortho intramolecular Hbond substituents is 2. The smallest absolute Gasteiger partial charge is 0.410 e. The first-order chi connectivity index (χ1) is 32.3. The van der Waals surface area contributed by atoms with Gasteiger partial charge in [-0.1, -0.05) is 35.9 Å². The van der Waals surface area contributed by atoms with Crippen molar-refractivity contribution in [3.05, 3.63) is 71.9 Å². The van der Waals surface area contributed by atoms with Gasteiger partial charge >= 0.3 is 12.2 Å². The summed E-state index contributed by atoms with van der Waals surface area (Å²) in [6.45, 7) is 19.4. The number of para-hydroxylation sites is 2. The lowest BCUT2D eigenvalue weighted by molar-refractivity contribution is 0.0230. The number of nitrogens with zero attached hydrogens (tertiary/aromatic N) is 11. The van der Waals surface area contributed by atoms with Crippen LogP contribution in [-0.4, -0.2) is 153 Å². The van der Waals surface area contributed by atoms with Gasteiger partial charge < -0.3 is 66.7 Å². The van der Waals surface area contributed by atoms with Crippen molar-refractivity contribution in [3.63, 3.8) is 0 Å². The molecule has 69 heavy (non-hydrogen) atoms. The number of anilines is 6. The molecule has 0 atom stereocenters. The Morgan fingerprint density at radius 3 is 1.28 bits per heavy atom. The number of nitrogens with two attached hydrogens (primary N) is 3. The van der Waals surface area contributed by atoms with Crippen molar-refractivity contribution in [2.45, 2.75) is 52.7 Å². The van der Waals surface area contributed by atoms with Crippen LogP contribution >= 0.6 is 24.0 Å². The Balaban J connectivity index is 0.000000194. The van der Waals surface area contributed by atoms with Crippen molar-refractivity contribution >= 4 is 70.7 Å². The van der Waals surface area contributed by atoms with E-state index < -0.39 is 11.2 Å². The first kappa shape index (κ1) is 53.1. The number of hydrogen-bond acceptors (Lipinski definition) is 19. The molecular formula is C46H63Cl2N15O6. The first-order valence-electron chi connectivity index (χ1n) is 22.3. The number of aromatic nitrogens is 6. The topological polar surface area (TPSA) is 277 Å². The minimum atomic E-state index is -0.514. The van der Waals surface area contributed by atoms with Crippen LogP contribution < -0.4 is 37.2 Å². The first-order valence-corrected chi connectivity index (χ1v) is 22.7. The van der Waals surface area contributed by atoms with Crippen LogP contribution in [0.2, 0.25) is 5.15 Å². The summed E-state index contributed by atoms with van der Waals surface area (Å²) >= 11 is 5.85. The van der Waals surface area contributed by atoms with Crippen LogP contribution in [0.5, 0.6) is 11.5 Å². The molecule has 0 radical (unpaired) electrons. The van der Waals surface area contributed by atoms with E-state index in [1.54, 1.807) is 46.2 Å². The average Bonchev–Trinajstić information content (AvgIpc) is 3.30. The molecule has 23 heteroatoms. The van der Waals surface area contributed by atoms with Crippen LogP contribution in [0.3, 0.4) is 0 Å². The predicted molar refractivity (Wildman–Crippen MR) is 271 cm³/mol. The quantitative estimate of drug-likeness (QED) is 0.126. The number of rotatable bonds is 5. The molecular weight excluding hydrogens is 930 g/mol. The SMILES string of the molecule is CC(C)(C)OC(=O)N1CCN(c2cc(-c3ccccc3O)nnc2N)CC1.CC(C)(C)OC(=O)N1CCN(c2cc(Cl)nnc2N)CC1.Cl.Nc1nnc(-c2ccccc2O)cc1N1CCNCC1. The number of nitrogen functional groups attached to an aromatic ring is 3. The lowest BCUT2D eigenvalue weighted by atomic mass is 10.1. The van der Waals surface area contributed by atoms with Crippen LogP contribution in [0.15, 0.2) is 66.7 Å². The van der Waals surface area contributed by atoms with Crippen molar-refractivity contribution in [2.24, 2.45) is 0 Å². The van der Waals surface area contributed by atoms with Gasteiger partial charge in [0.05, 0.1) is 28.5 Å². The van der Waals surface area contributed by atoms with Crippen LogP contribution in [-0.2, 0) is 9.47 Å². The maximum Gasteiger partial charge on any atom is 0.410 e. The second-order valence-electron chi connectivity index (χ2n) is 18.1. The number of carbonyl (C=O) groups excluding carboxylic acids is 2. The van der Waals surface area contributed by atoms with Crippen LogP contribution in [0, 0.1) is 0 Å². The number of aromatic hydroxyl groups is 2. The number of halogens is 2. The Morgan fingerprint density at radius 1 is 0.551 bits per heavy atom. The lowest BCUT2D eigenvalue weighted by Crippen LogP contribution is -2.50. The molecule has 3 saturated heterocycles. The van der Waals surface area contributed by atoms with E-state index in [2.05, 4.69) is 45.7 Å². The monoisotopic (exact) mass is 991 g/mol. The molecule has 372 valence electrons. The summed E-state index contributed by atoms with van der Waals surface area (Å²) in [5.74, 6) is 1.41. The second kappa shape index (κ2) is 23.4. The molecule has 2 aromatic carbocycles. The molecule has 9 N–H and O–H groups in total. The van der Waals surface area contributed by atoms with Crippen molar-refractivity contribution in [1.82, 2.24) is 45.7 Å². The van der Waals surface area contributed by atoms with Gasteiger partial charge in [0.2, 0.25) is 0 Å². The van der Waals surface area contributed by atoms with E-state index in [0.29, 0.717) is 97.5 Å². The number of piperazine rings is 3. The van der Waals surface area contributed by atoms with Gasteiger partial charge in [0.25, 0.3) is 0 Å². The van der Waals surface area contributed by atoms with Gasteiger partial charge in [-0.15, -0.1) is 43.0 Å². The van der Waals surface area contributed by atoms with E-state index >= 15 is 0 Å². The number of carbonyl (C=O) groups is 2. The minimum absolute atomic E-state index is 0. The molecule has 0 unspecified atom stereocenters. The summed E-state index contributed by atoms with van der Waals surface area (Å²) in [5, 5.41) is 47.3. The van der Waals surface area contributed by atoms with Gasteiger partial charge in [0.1, 0.15) is 22.7 Å². The van der Waals surface area contributed by atoms with Crippen LogP contribution in [0.4, 0.5) is 44.1 Å². The molecule has 0 aliphatic carbocycles. The summed E-state index contributed by atoms with van der Waals surface area (Å²) in [6.07, 6.45) is -0.598. The summed E-state index contributed by atoms with van der Waals surface area (Å²) < 4.78 is 10.8. The Bertz CT molecular complexity index is 2510. The predicted octanol–water partition coefficient (Wildman–Crippen LogP) is 5.52. The lowest BCUT2D eigenvalue weighted by Gasteiger charge is -2.36. The summed E-state index contributed by atoms with van der Waals surface area (Å²) in [5.41, 5.74) is 21.6. The van der Waals surface area contributed by atoms with Gasteiger partial charge in [-0.3, -0.25) is 0 Å². The number of amides is 2. The average molecular weight is 993 g/mol. The third-order valence-corrected chi connectivity index (χ3v) is 10.9. The molecule has 5 aromatic rings. The largest absolute Gasteiger partial charge is 0.507 e. The molecule has 3 aliphatic heterocycles. The molecule has 0 spiro atoms. The number of benzene rings is 2. The minimum Gasteiger partial charge on any atom is -0.507 e. The van der Waals surface area contributed by atoms with Crippen molar-refractivity contribution < 1.29 is 29.3 Å². The zero-order valence-corrected chi connectivity index (χ0v) is 41.4. The standard InChI is InChI=1S/C19H25N5O3.C14H17N5O.C13H20ClN5O2.ClH/c1-19(2,3)27-18(26)24-10-8-23(9-11-24)15-12-14(21-22-17(15)20)13-6-4-5-7-16(13)25;15-14-12(19-7-5-16-6-8-19)9-11(17-18-14)10-3-1-2-4-13(10)20;1-13(2,3)21-12(20)19-6-4-18(5-7-19)9-8-10(14)16-17-11(9)15;/h4-7,12,25H,8-11H2,1-3H3,(H2,20,22);1-4,9,16,20H,5-8H2,(H2,15,18);8H,4-7H2,1-3H3,(H2,15,17);1H. The van der Waals surface area contributed by atoms with Crippen molar-refractivity contribution in [2.75, 3.05) is 110 Å². The molecule has 3 fully saturated rings. The third kappa shape index (κ3) is 14.8. The zero-order chi connectivity index (χ0) is 49.2. The van der Waals surface area contributed by atoms with E-state index in [9.17, 15) is 19.8 Å². The molecule has 21 nitrogen and oxygen atoms in total. The van der Waals surface area contributed by atoms with Gasteiger partial charge in [-0.2, -0.15) is 0 Å². The maximum absolute atomic E-state index is 12.2. The highest BCUT2D eigenvalue weighted by Crippen LogP contribution is 2.33. The second-order valence-corrected chi connectivity index (χ2v) is 18.5. The van der Waals surface area contributed by atoms with E-state index in [4.69, 9.17) is 38.3 Å². The fourth-order valence-corrected chi connectivity index (χ4v) is 7.51. The Kier molecular flexibility index (Phi) is 18.1. The number of hydrogen-bond donors (Lipinski definition) is 6. The Labute approximate surface area is 413 Å². The van der Waals surface area contributed by atoms with E-state index in [-0.39, 0.29) is 36.1 Å².